The van der Waals surface area contributed by atoms with Gasteiger partial charge in [-0.1, -0.05) is 12.1 Å². The van der Waals surface area contributed by atoms with Crippen molar-refractivity contribution < 1.29 is 19.5 Å². The third-order valence-electron chi connectivity index (χ3n) is 2.64. The van der Waals surface area contributed by atoms with E-state index in [1.54, 1.807) is 19.1 Å². The molecule has 0 spiro atoms. The molecular weight excluding hydrogens is 239 g/mol. The number of aliphatic hydroxyl groups excluding tert-OH is 1. The second kappa shape index (κ2) is 6.44. The number of halogens is 1. The molecule has 0 aliphatic rings. The van der Waals surface area contributed by atoms with Crippen LogP contribution >= 0.6 is 0 Å². The molecule has 0 heterocycles. The molecule has 0 aromatic heterocycles. The van der Waals surface area contributed by atoms with Gasteiger partial charge in [-0.25, -0.2) is 9.87 Å². The first-order valence-electron chi connectivity index (χ1n) is 5.56. The van der Waals surface area contributed by atoms with E-state index < -0.39 is 18.1 Å². The first kappa shape index (κ1) is 14.6. The molecule has 100 valence electrons. The zero-order valence-electron chi connectivity index (χ0n) is 10.3. The van der Waals surface area contributed by atoms with Gasteiger partial charge in [0.05, 0.1) is 6.10 Å². The summed E-state index contributed by atoms with van der Waals surface area (Å²) in [6, 6.07) is 3.76. The number of aryl methyl sites for hydroxylation is 1. The Kier molecular flexibility index (Phi) is 5.21. The lowest BCUT2D eigenvalue weighted by molar-refractivity contribution is -0.133. The Labute approximate surface area is 105 Å². The number of hydrogen-bond acceptors (Lipinski definition) is 4. The van der Waals surface area contributed by atoms with Crippen molar-refractivity contribution in [1.82, 2.24) is 10.8 Å². The quantitative estimate of drug-likeness (QED) is 0.456. The number of hydrogen-bond donors (Lipinski definition) is 4. The SMILES string of the molecule is Cc1ccc(CN[C@H](C(=O)NO)[C@@H](C)O)cc1F. The van der Waals surface area contributed by atoms with Crippen LogP contribution in [0, 0.1) is 12.7 Å². The van der Waals surface area contributed by atoms with E-state index in [-0.39, 0.29) is 12.4 Å². The first-order valence-corrected chi connectivity index (χ1v) is 5.56. The average Bonchev–Trinajstić information content (AvgIpc) is 2.33. The Morgan fingerprint density at radius 2 is 2.17 bits per heavy atom. The highest BCUT2D eigenvalue weighted by Gasteiger charge is 2.22. The zero-order chi connectivity index (χ0) is 13.7. The molecule has 1 amide bonds. The van der Waals surface area contributed by atoms with Crippen molar-refractivity contribution in [3.8, 4) is 0 Å². The Hall–Kier alpha value is -1.50. The van der Waals surface area contributed by atoms with Crippen LogP contribution in [-0.4, -0.2) is 28.4 Å². The maximum atomic E-state index is 13.3. The molecule has 6 heteroatoms. The van der Waals surface area contributed by atoms with E-state index >= 15 is 0 Å². The second-order valence-electron chi connectivity index (χ2n) is 4.16. The normalized spacial score (nSPS) is 14.1. The summed E-state index contributed by atoms with van der Waals surface area (Å²) < 4.78 is 13.3. The van der Waals surface area contributed by atoms with Crippen LogP contribution < -0.4 is 10.8 Å². The van der Waals surface area contributed by atoms with E-state index in [9.17, 15) is 14.3 Å². The molecule has 0 bridgehead atoms. The van der Waals surface area contributed by atoms with Crippen LogP contribution in [0.5, 0.6) is 0 Å². The highest BCUT2D eigenvalue weighted by molar-refractivity contribution is 5.81. The minimum Gasteiger partial charge on any atom is -0.391 e. The predicted octanol–water partition coefficient (Wildman–Crippen LogP) is 0.479. The fourth-order valence-corrected chi connectivity index (χ4v) is 1.53. The van der Waals surface area contributed by atoms with Gasteiger partial charge in [-0.15, -0.1) is 0 Å². The van der Waals surface area contributed by atoms with Crippen molar-refractivity contribution in [2.75, 3.05) is 0 Å². The summed E-state index contributed by atoms with van der Waals surface area (Å²) in [7, 11) is 0. The average molecular weight is 256 g/mol. The summed E-state index contributed by atoms with van der Waals surface area (Å²) >= 11 is 0. The van der Waals surface area contributed by atoms with Crippen molar-refractivity contribution in [1.29, 1.82) is 0 Å². The lowest BCUT2D eigenvalue weighted by Gasteiger charge is -2.19. The van der Waals surface area contributed by atoms with Crippen LogP contribution in [0.25, 0.3) is 0 Å². The highest BCUT2D eigenvalue weighted by Crippen LogP contribution is 2.09. The monoisotopic (exact) mass is 256 g/mol. The number of benzene rings is 1. The van der Waals surface area contributed by atoms with Gasteiger partial charge in [0.25, 0.3) is 5.91 Å². The molecule has 0 unspecified atom stereocenters. The topological polar surface area (TPSA) is 81.6 Å². The van der Waals surface area contributed by atoms with E-state index in [0.29, 0.717) is 11.1 Å². The number of carbonyl (C=O) groups excluding carboxylic acids is 1. The van der Waals surface area contributed by atoms with Gasteiger partial charge in [-0.05, 0) is 31.0 Å². The molecule has 0 aliphatic heterocycles. The number of carbonyl (C=O) groups is 1. The van der Waals surface area contributed by atoms with Gasteiger partial charge in [0.2, 0.25) is 0 Å². The van der Waals surface area contributed by atoms with Crippen LogP contribution in [-0.2, 0) is 11.3 Å². The molecule has 2 atom stereocenters. The zero-order valence-corrected chi connectivity index (χ0v) is 10.3. The Bertz CT molecular complexity index is 424. The summed E-state index contributed by atoms with van der Waals surface area (Å²) in [5, 5.41) is 20.6. The molecule has 0 radical (unpaired) electrons. The molecule has 4 N–H and O–H groups in total. The standard InChI is InChI=1S/C12H17FN2O3/c1-7-3-4-9(5-10(7)13)6-14-11(8(2)16)12(17)15-18/h3-5,8,11,14,16,18H,6H2,1-2H3,(H,15,17)/t8-,11+/m1/s1. The maximum absolute atomic E-state index is 13.3. The lowest BCUT2D eigenvalue weighted by Crippen LogP contribution is -2.49. The molecule has 1 aromatic carbocycles. The van der Waals surface area contributed by atoms with Crippen LogP contribution in [0.15, 0.2) is 18.2 Å². The molecule has 0 fully saturated rings. The molecule has 5 nitrogen and oxygen atoms in total. The summed E-state index contributed by atoms with van der Waals surface area (Å²) in [5.41, 5.74) is 2.66. The van der Waals surface area contributed by atoms with E-state index in [1.165, 1.54) is 18.5 Å². The van der Waals surface area contributed by atoms with E-state index in [2.05, 4.69) is 5.32 Å². The first-order chi connectivity index (χ1) is 8.45. The van der Waals surface area contributed by atoms with Gasteiger partial charge in [-0.3, -0.25) is 15.3 Å². The van der Waals surface area contributed by atoms with Crippen molar-refractivity contribution in [3.05, 3.63) is 35.1 Å². The van der Waals surface area contributed by atoms with Gasteiger partial charge in [0, 0.05) is 6.54 Å². The third kappa shape index (κ3) is 3.76. The fraction of sp³-hybridized carbons (Fsp3) is 0.417. The Morgan fingerprint density at radius 3 is 2.67 bits per heavy atom. The minimum absolute atomic E-state index is 0.209. The molecule has 0 aliphatic carbocycles. The fourth-order valence-electron chi connectivity index (χ4n) is 1.53. The van der Waals surface area contributed by atoms with E-state index in [1.807, 2.05) is 0 Å². The summed E-state index contributed by atoms with van der Waals surface area (Å²) in [6.07, 6.45) is -0.979. The van der Waals surface area contributed by atoms with Crippen molar-refractivity contribution in [2.45, 2.75) is 32.5 Å². The number of hydroxylamine groups is 1. The van der Waals surface area contributed by atoms with Crippen LogP contribution in [0.3, 0.4) is 0 Å². The molecule has 18 heavy (non-hydrogen) atoms. The predicted molar refractivity (Wildman–Crippen MR) is 63.4 cm³/mol. The van der Waals surface area contributed by atoms with Gasteiger partial charge in [0.1, 0.15) is 11.9 Å². The molecule has 1 rings (SSSR count). The maximum Gasteiger partial charge on any atom is 0.263 e. The lowest BCUT2D eigenvalue weighted by atomic mass is 10.1. The van der Waals surface area contributed by atoms with E-state index in [4.69, 9.17) is 5.21 Å². The summed E-state index contributed by atoms with van der Waals surface area (Å²) in [6.45, 7) is 3.28. The third-order valence-corrected chi connectivity index (χ3v) is 2.64. The Balaban J connectivity index is 2.67. The van der Waals surface area contributed by atoms with Crippen LogP contribution in [0.1, 0.15) is 18.1 Å². The number of aliphatic hydroxyl groups is 1. The van der Waals surface area contributed by atoms with Gasteiger partial charge >= 0.3 is 0 Å². The van der Waals surface area contributed by atoms with E-state index in [0.717, 1.165) is 0 Å². The Morgan fingerprint density at radius 1 is 1.50 bits per heavy atom. The summed E-state index contributed by atoms with van der Waals surface area (Å²) in [4.78, 5) is 11.2. The van der Waals surface area contributed by atoms with Crippen molar-refractivity contribution in [2.24, 2.45) is 0 Å². The summed E-state index contributed by atoms with van der Waals surface area (Å²) in [5.74, 6) is -1.06. The molecular formula is C12H17FN2O3. The second-order valence-corrected chi connectivity index (χ2v) is 4.16. The number of nitrogens with one attached hydrogen (secondary N) is 2. The number of amides is 1. The minimum atomic E-state index is -0.979. The largest absolute Gasteiger partial charge is 0.391 e. The molecule has 1 aromatic rings. The van der Waals surface area contributed by atoms with Crippen molar-refractivity contribution in [3.63, 3.8) is 0 Å². The number of rotatable bonds is 5. The van der Waals surface area contributed by atoms with Gasteiger partial charge in [-0.2, -0.15) is 0 Å². The van der Waals surface area contributed by atoms with Crippen LogP contribution in [0.2, 0.25) is 0 Å². The molecule has 0 saturated carbocycles. The van der Waals surface area contributed by atoms with Gasteiger partial charge < -0.3 is 5.11 Å². The smallest absolute Gasteiger partial charge is 0.263 e. The van der Waals surface area contributed by atoms with Gasteiger partial charge in [0.15, 0.2) is 0 Å². The highest BCUT2D eigenvalue weighted by atomic mass is 19.1. The van der Waals surface area contributed by atoms with Crippen molar-refractivity contribution >= 4 is 5.91 Å². The molecule has 0 saturated heterocycles. The van der Waals surface area contributed by atoms with Crippen LogP contribution in [0.4, 0.5) is 4.39 Å².